The van der Waals surface area contributed by atoms with Gasteiger partial charge in [0.15, 0.2) is 17.2 Å². The van der Waals surface area contributed by atoms with Crippen LogP contribution in [0, 0.1) is 17.3 Å². The van der Waals surface area contributed by atoms with Crippen LogP contribution < -0.4 is 0 Å². The standard InChI is InChI=1S/C29H37NO8/c1-7-11-28(3,4)12-16(32)19-25(35)22(30(5)6)21-24(34)17-13(2)14-9-8-10-15(31)18(14)23(33)20(17)27(37)29(21,38)26(19)36/h8-10,13,17,21-22,24,31,33-34,36,38H,7,11-12H2,1-6H3/t13-,17+,21+,22-,24-,29+/m1/s1. The molecule has 0 amide bonds. The first-order valence-electron chi connectivity index (χ1n) is 13.0. The van der Waals surface area contributed by atoms with Crippen LogP contribution in [0.1, 0.15) is 64.0 Å². The van der Waals surface area contributed by atoms with Crippen LogP contribution in [-0.4, -0.2) is 79.6 Å². The van der Waals surface area contributed by atoms with E-state index in [9.17, 15) is 39.9 Å². The minimum atomic E-state index is -2.84. The molecule has 1 aromatic carbocycles. The van der Waals surface area contributed by atoms with E-state index in [1.165, 1.54) is 25.1 Å². The lowest BCUT2D eigenvalue weighted by atomic mass is 9.54. The van der Waals surface area contributed by atoms with Crippen molar-refractivity contribution >= 4 is 23.1 Å². The molecule has 9 nitrogen and oxygen atoms in total. The summed E-state index contributed by atoms with van der Waals surface area (Å²) in [4.78, 5) is 42.7. The molecule has 38 heavy (non-hydrogen) atoms. The van der Waals surface area contributed by atoms with Gasteiger partial charge in [-0.15, -0.1) is 0 Å². The Bertz CT molecular complexity index is 1280. The van der Waals surface area contributed by atoms with E-state index in [2.05, 4.69) is 0 Å². The summed E-state index contributed by atoms with van der Waals surface area (Å²) in [5.41, 5.74) is -3.86. The van der Waals surface area contributed by atoms with Crippen LogP contribution in [0.5, 0.6) is 5.75 Å². The second-order valence-electron chi connectivity index (χ2n) is 11.9. The fraction of sp³-hybridized carbons (Fsp3) is 0.552. The molecule has 206 valence electrons. The first kappa shape index (κ1) is 28.0. The summed E-state index contributed by atoms with van der Waals surface area (Å²) in [6.45, 7) is 7.39. The number of aliphatic hydroxyl groups is 4. The number of ketones is 3. The van der Waals surface area contributed by atoms with Gasteiger partial charge >= 0.3 is 0 Å². The van der Waals surface area contributed by atoms with Gasteiger partial charge in [-0.1, -0.05) is 46.2 Å². The van der Waals surface area contributed by atoms with Crippen molar-refractivity contribution in [2.24, 2.45) is 17.3 Å². The van der Waals surface area contributed by atoms with E-state index in [1.54, 1.807) is 19.1 Å². The zero-order chi connectivity index (χ0) is 28.5. The van der Waals surface area contributed by atoms with E-state index < -0.39 is 75.4 Å². The van der Waals surface area contributed by atoms with Crippen molar-refractivity contribution in [3.63, 3.8) is 0 Å². The van der Waals surface area contributed by atoms with Crippen molar-refractivity contribution in [2.75, 3.05) is 14.1 Å². The predicted molar refractivity (Wildman–Crippen MR) is 139 cm³/mol. The fourth-order valence-corrected chi connectivity index (χ4v) is 6.90. The Labute approximate surface area is 222 Å². The number of aliphatic hydroxyl groups excluding tert-OH is 3. The lowest BCUT2D eigenvalue weighted by Gasteiger charge is -2.54. The van der Waals surface area contributed by atoms with Crippen molar-refractivity contribution in [2.45, 2.75) is 70.6 Å². The van der Waals surface area contributed by atoms with E-state index in [4.69, 9.17) is 0 Å². The number of likely N-dealkylation sites (N-methyl/N-ethyl adjacent to an activating group) is 1. The van der Waals surface area contributed by atoms with E-state index in [0.717, 1.165) is 6.42 Å². The predicted octanol–water partition coefficient (Wildman–Crippen LogP) is 2.80. The smallest absolute Gasteiger partial charge is 0.202 e. The third-order valence-corrected chi connectivity index (χ3v) is 8.59. The number of benzene rings is 1. The Kier molecular flexibility index (Phi) is 6.87. The molecule has 6 atom stereocenters. The molecule has 1 aromatic rings. The highest BCUT2D eigenvalue weighted by molar-refractivity contribution is 6.25. The van der Waals surface area contributed by atoms with Gasteiger partial charge in [0.1, 0.15) is 22.8 Å². The van der Waals surface area contributed by atoms with Crippen molar-refractivity contribution in [1.82, 2.24) is 4.90 Å². The SMILES string of the molecule is CCCC(C)(C)CC(=O)C1=C(O)[C@]2(O)C(=O)C3=C(O)c4c(O)cccc4[C@@H](C)[C@@H]3[C@@H](O)[C@@H]2[C@@H](N(C)C)C1=O. The third kappa shape index (κ3) is 3.82. The minimum Gasteiger partial charge on any atom is -0.508 e. The number of nitrogens with zero attached hydrogens (tertiary/aromatic N) is 1. The Balaban J connectivity index is 1.97. The molecular formula is C29H37NO8. The molecule has 4 rings (SSSR count). The van der Waals surface area contributed by atoms with Gasteiger partial charge in [0.2, 0.25) is 5.78 Å². The van der Waals surface area contributed by atoms with Crippen molar-refractivity contribution in [3.8, 4) is 5.75 Å². The number of carbonyl (C=O) groups excluding carboxylic acids is 3. The van der Waals surface area contributed by atoms with E-state index in [1.807, 2.05) is 20.8 Å². The zero-order valence-corrected chi connectivity index (χ0v) is 22.6. The highest BCUT2D eigenvalue weighted by Gasteiger charge is 2.68. The van der Waals surface area contributed by atoms with Crippen molar-refractivity contribution in [3.05, 3.63) is 46.2 Å². The Morgan fingerprint density at radius 2 is 1.76 bits per heavy atom. The molecule has 3 aliphatic carbocycles. The number of phenolic OH excluding ortho intramolecular Hbond substituents is 1. The maximum Gasteiger partial charge on any atom is 0.202 e. The Morgan fingerprint density at radius 3 is 2.34 bits per heavy atom. The van der Waals surface area contributed by atoms with Crippen LogP contribution in [0.15, 0.2) is 35.1 Å². The molecule has 0 unspecified atom stereocenters. The lowest BCUT2D eigenvalue weighted by Crippen LogP contribution is -2.70. The topological polar surface area (TPSA) is 156 Å². The normalized spacial score (nSPS) is 31.3. The molecule has 0 heterocycles. The van der Waals surface area contributed by atoms with Gasteiger partial charge in [0.25, 0.3) is 0 Å². The van der Waals surface area contributed by atoms with Crippen LogP contribution >= 0.6 is 0 Å². The molecule has 9 heteroatoms. The first-order valence-corrected chi connectivity index (χ1v) is 13.0. The summed E-state index contributed by atoms with van der Waals surface area (Å²) >= 11 is 0. The van der Waals surface area contributed by atoms with Crippen molar-refractivity contribution in [1.29, 1.82) is 0 Å². The number of hydrogen-bond acceptors (Lipinski definition) is 9. The highest BCUT2D eigenvalue weighted by atomic mass is 16.4. The summed E-state index contributed by atoms with van der Waals surface area (Å²) in [5.74, 6) is -7.71. The van der Waals surface area contributed by atoms with E-state index in [-0.39, 0.29) is 23.3 Å². The Hall–Kier alpha value is -3.01. The molecular weight excluding hydrogens is 490 g/mol. The van der Waals surface area contributed by atoms with Crippen LogP contribution in [0.4, 0.5) is 0 Å². The summed E-state index contributed by atoms with van der Waals surface area (Å²) in [7, 11) is 3.07. The number of rotatable bonds is 6. The largest absolute Gasteiger partial charge is 0.508 e. The van der Waals surface area contributed by atoms with Gasteiger partial charge in [-0.25, -0.2) is 0 Å². The van der Waals surface area contributed by atoms with Crippen molar-refractivity contribution < 1.29 is 39.9 Å². The van der Waals surface area contributed by atoms with Crippen LogP contribution in [0.3, 0.4) is 0 Å². The second-order valence-corrected chi connectivity index (χ2v) is 11.9. The maximum absolute atomic E-state index is 14.1. The molecule has 0 spiro atoms. The Morgan fingerprint density at radius 1 is 1.13 bits per heavy atom. The molecule has 0 aliphatic heterocycles. The van der Waals surface area contributed by atoms with Gasteiger partial charge in [0.05, 0.1) is 23.6 Å². The van der Waals surface area contributed by atoms with Gasteiger partial charge < -0.3 is 25.5 Å². The van der Waals surface area contributed by atoms with Crippen LogP contribution in [0.2, 0.25) is 0 Å². The summed E-state index contributed by atoms with van der Waals surface area (Å²) in [6, 6.07) is 3.28. The molecule has 1 fully saturated rings. The van der Waals surface area contributed by atoms with Gasteiger partial charge in [-0.3, -0.25) is 19.3 Å². The van der Waals surface area contributed by atoms with Crippen LogP contribution in [-0.2, 0) is 14.4 Å². The number of fused-ring (bicyclic) bond motifs is 3. The summed E-state index contributed by atoms with van der Waals surface area (Å²) in [6.07, 6.45) is -0.200. The number of hydrogen-bond donors (Lipinski definition) is 5. The second kappa shape index (κ2) is 9.32. The fourth-order valence-electron chi connectivity index (χ4n) is 6.90. The number of phenols is 1. The minimum absolute atomic E-state index is 0.00554. The third-order valence-electron chi connectivity index (χ3n) is 8.59. The monoisotopic (exact) mass is 527 g/mol. The average Bonchev–Trinajstić information content (AvgIpc) is 2.80. The van der Waals surface area contributed by atoms with Gasteiger partial charge in [0, 0.05) is 17.9 Å². The average molecular weight is 528 g/mol. The molecule has 0 aromatic heterocycles. The molecule has 3 aliphatic rings. The maximum atomic E-state index is 14.1. The molecule has 1 saturated carbocycles. The van der Waals surface area contributed by atoms with Gasteiger partial charge in [-0.05, 0) is 43.5 Å². The van der Waals surface area contributed by atoms with E-state index >= 15 is 0 Å². The molecule has 0 saturated heterocycles. The molecule has 0 radical (unpaired) electrons. The quantitative estimate of drug-likeness (QED) is 0.351. The first-order chi connectivity index (χ1) is 17.6. The molecule has 0 bridgehead atoms. The van der Waals surface area contributed by atoms with Crippen LogP contribution in [0.25, 0.3) is 5.76 Å². The lowest BCUT2D eigenvalue weighted by molar-refractivity contribution is -0.169. The van der Waals surface area contributed by atoms with Gasteiger partial charge in [-0.2, -0.15) is 0 Å². The summed E-state index contributed by atoms with van der Waals surface area (Å²) < 4.78 is 0. The number of carbonyl (C=O) groups is 3. The summed E-state index contributed by atoms with van der Waals surface area (Å²) in [5, 5.41) is 56.6. The number of aromatic hydroxyl groups is 1. The number of Topliss-reactive ketones (excluding diaryl/α,β-unsaturated/α-hetero) is 3. The highest BCUT2D eigenvalue weighted by Crippen LogP contribution is 2.56. The zero-order valence-electron chi connectivity index (χ0n) is 22.6. The molecule has 5 N–H and O–H groups in total. The van der Waals surface area contributed by atoms with E-state index in [0.29, 0.717) is 12.0 Å².